The first-order valence-electron chi connectivity index (χ1n) is 5.85. The Kier molecular flexibility index (Phi) is 4.02. The van der Waals surface area contributed by atoms with E-state index in [-0.39, 0.29) is 6.04 Å². The molecule has 0 aliphatic carbocycles. The van der Waals surface area contributed by atoms with E-state index in [0.717, 1.165) is 17.4 Å². The van der Waals surface area contributed by atoms with Gasteiger partial charge in [-0.2, -0.15) is 0 Å². The summed E-state index contributed by atoms with van der Waals surface area (Å²) >= 11 is 3.57. The predicted molar refractivity (Wildman–Crippen MR) is 74.9 cm³/mol. The molecule has 1 atom stereocenters. The van der Waals surface area contributed by atoms with E-state index in [2.05, 4.69) is 64.1 Å². The number of nitrogens with two attached hydrogens (primary N) is 1. The second-order valence-electron chi connectivity index (χ2n) is 4.22. The highest BCUT2D eigenvalue weighted by atomic mass is 79.9. The lowest BCUT2D eigenvalue weighted by atomic mass is 10.1. The average Bonchev–Trinajstić information content (AvgIpc) is 2.80. The van der Waals surface area contributed by atoms with E-state index >= 15 is 0 Å². The minimum Gasteiger partial charge on any atom is -0.350 e. The molecule has 0 aliphatic heterocycles. The van der Waals surface area contributed by atoms with Gasteiger partial charge in [-0.25, -0.2) is 0 Å². The second kappa shape index (κ2) is 5.52. The molecule has 2 N–H and O–H groups in total. The summed E-state index contributed by atoms with van der Waals surface area (Å²) < 4.78 is 3.32. The van der Waals surface area contributed by atoms with Crippen LogP contribution in [-0.4, -0.2) is 4.57 Å². The number of halogens is 1. The van der Waals surface area contributed by atoms with Crippen molar-refractivity contribution in [3.63, 3.8) is 0 Å². The molecule has 1 aromatic carbocycles. The summed E-state index contributed by atoms with van der Waals surface area (Å²) in [7, 11) is 0. The molecular weight excluding hydrogens is 276 g/mol. The molecule has 2 rings (SSSR count). The average molecular weight is 293 g/mol. The third kappa shape index (κ3) is 2.99. The summed E-state index contributed by atoms with van der Waals surface area (Å²) in [5.41, 5.74) is 8.49. The number of hydrogen-bond donors (Lipinski definition) is 1. The molecule has 0 spiro atoms. The summed E-state index contributed by atoms with van der Waals surface area (Å²) in [5.74, 6) is 0. The van der Waals surface area contributed by atoms with E-state index in [0.29, 0.717) is 0 Å². The monoisotopic (exact) mass is 292 g/mol. The van der Waals surface area contributed by atoms with Gasteiger partial charge in [0.25, 0.3) is 0 Å². The molecule has 0 saturated carbocycles. The van der Waals surface area contributed by atoms with E-state index in [1.54, 1.807) is 0 Å². The summed E-state index contributed by atoms with van der Waals surface area (Å²) in [6.07, 6.45) is 5.19. The van der Waals surface area contributed by atoms with Crippen molar-refractivity contribution < 1.29 is 0 Å². The van der Waals surface area contributed by atoms with Crippen LogP contribution >= 0.6 is 15.9 Å². The molecule has 0 amide bonds. The zero-order chi connectivity index (χ0) is 12.3. The molecule has 0 aliphatic rings. The maximum atomic E-state index is 6.01. The SMILES string of the molecule is CCC(N)c1ccn(Cc2ccccc2Br)c1. The van der Waals surface area contributed by atoms with Gasteiger partial charge in [-0.05, 0) is 29.7 Å². The first-order valence-corrected chi connectivity index (χ1v) is 6.64. The lowest BCUT2D eigenvalue weighted by molar-refractivity contribution is 0.692. The fourth-order valence-electron chi connectivity index (χ4n) is 1.84. The van der Waals surface area contributed by atoms with E-state index in [9.17, 15) is 0 Å². The van der Waals surface area contributed by atoms with Crippen LogP contribution in [0.3, 0.4) is 0 Å². The Morgan fingerprint density at radius 1 is 1.29 bits per heavy atom. The number of hydrogen-bond acceptors (Lipinski definition) is 1. The van der Waals surface area contributed by atoms with Gasteiger partial charge in [0.05, 0.1) is 0 Å². The number of rotatable bonds is 4. The first kappa shape index (κ1) is 12.4. The van der Waals surface area contributed by atoms with E-state index in [4.69, 9.17) is 5.73 Å². The Labute approximate surface area is 111 Å². The smallest absolute Gasteiger partial charge is 0.0481 e. The topological polar surface area (TPSA) is 30.9 Å². The normalized spacial score (nSPS) is 12.6. The quantitative estimate of drug-likeness (QED) is 0.915. The van der Waals surface area contributed by atoms with Gasteiger partial charge in [-0.3, -0.25) is 0 Å². The molecular formula is C14H17BrN2. The molecule has 1 aromatic heterocycles. The van der Waals surface area contributed by atoms with Gasteiger partial charge in [0, 0.05) is 29.5 Å². The summed E-state index contributed by atoms with van der Waals surface area (Å²) in [6.45, 7) is 2.98. The van der Waals surface area contributed by atoms with Crippen LogP contribution < -0.4 is 5.73 Å². The van der Waals surface area contributed by atoms with Crippen LogP contribution in [0.15, 0.2) is 47.2 Å². The Balaban J connectivity index is 2.14. The van der Waals surface area contributed by atoms with Gasteiger partial charge < -0.3 is 10.3 Å². The maximum absolute atomic E-state index is 6.01. The maximum Gasteiger partial charge on any atom is 0.0481 e. The zero-order valence-corrected chi connectivity index (χ0v) is 11.5. The third-order valence-corrected chi connectivity index (χ3v) is 3.73. The summed E-state index contributed by atoms with van der Waals surface area (Å²) in [6, 6.07) is 10.5. The van der Waals surface area contributed by atoms with Gasteiger partial charge in [0.2, 0.25) is 0 Å². The highest BCUT2D eigenvalue weighted by Gasteiger charge is 2.06. The summed E-state index contributed by atoms with van der Waals surface area (Å²) in [4.78, 5) is 0. The zero-order valence-electron chi connectivity index (χ0n) is 9.94. The van der Waals surface area contributed by atoms with Crippen LogP contribution in [0.1, 0.15) is 30.5 Å². The lowest BCUT2D eigenvalue weighted by Crippen LogP contribution is -2.07. The van der Waals surface area contributed by atoms with Crippen LogP contribution in [0, 0.1) is 0 Å². The fraction of sp³-hybridized carbons (Fsp3) is 0.286. The molecule has 1 unspecified atom stereocenters. The first-order chi connectivity index (χ1) is 8.20. The number of aromatic nitrogens is 1. The van der Waals surface area contributed by atoms with Crippen LogP contribution in [-0.2, 0) is 6.54 Å². The highest BCUT2D eigenvalue weighted by molar-refractivity contribution is 9.10. The van der Waals surface area contributed by atoms with Crippen LogP contribution in [0.4, 0.5) is 0 Å². The molecule has 90 valence electrons. The molecule has 2 aromatic rings. The van der Waals surface area contributed by atoms with Gasteiger partial charge >= 0.3 is 0 Å². The second-order valence-corrected chi connectivity index (χ2v) is 5.08. The van der Waals surface area contributed by atoms with Crippen LogP contribution in [0.2, 0.25) is 0 Å². The minimum absolute atomic E-state index is 0.149. The van der Waals surface area contributed by atoms with E-state index in [1.165, 1.54) is 11.1 Å². The van der Waals surface area contributed by atoms with Crippen molar-refractivity contribution in [1.82, 2.24) is 4.57 Å². The number of nitrogens with zero attached hydrogens (tertiary/aromatic N) is 1. The Bertz CT molecular complexity index is 490. The Morgan fingerprint density at radius 3 is 2.76 bits per heavy atom. The van der Waals surface area contributed by atoms with Crippen molar-refractivity contribution in [2.45, 2.75) is 25.9 Å². The van der Waals surface area contributed by atoms with E-state index in [1.807, 2.05) is 6.07 Å². The van der Waals surface area contributed by atoms with Gasteiger partial charge in [0.15, 0.2) is 0 Å². The standard InChI is InChI=1S/C14H17BrN2/c1-2-14(16)12-7-8-17(10-12)9-11-5-3-4-6-13(11)15/h3-8,10,14H,2,9,16H2,1H3. The third-order valence-electron chi connectivity index (χ3n) is 2.95. The Morgan fingerprint density at radius 2 is 2.06 bits per heavy atom. The van der Waals surface area contributed by atoms with Crippen molar-refractivity contribution in [2.75, 3.05) is 0 Å². The molecule has 3 heteroatoms. The van der Waals surface area contributed by atoms with Gasteiger partial charge in [-0.1, -0.05) is 41.1 Å². The molecule has 17 heavy (non-hydrogen) atoms. The Hall–Kier alpha value is -1.06. The molecule has 0 radical (unpaired) electrons. The highest BCUT2D eigenvalue weighted by Crippen LogP contribution is 2.19. The van der Waals surface area contributed by atoms with E-state index < -0.39 is 0 Å². The molecule has 0 fully saturated rings. The van der Waals surface area contributed by atoms with Gasteiger partial charge in [0.1, 0.15) is 0 Å². The van der Waals surface area contributed by atoms with Crippen LogP contribution in [0.5, 0.6) is 0 Å². The predicted octanol–water partition coefficient (Wildman–Crippen LogP) is 3.71. The molecule has 2 nitrogen and oxygen atoms in total. The van der Waals surface area contributed by atoms with Gasteiger partial charge in [-0.15, -0.1) is 0 Å². The molecule has 0 bridgehead atoms. The van der Waals surface area contributed by atoms with Crippen molar-refractivity contribution in [3.8, 4) is 0 Å². The largest absolute Gasteiger partial charge is 0.350 e. The van der Waals surface area contributed by atoms with Crippen molar-refractivity contribution in [1.29, 1.82) is 0 Å². The van der Waals surface area contributed by atoms with Crippen molar-refractivity contribution >= 4 is 15.9 Å². The number of benzene rings is 1. The lowest BCUT2D eigenvalue weighted by Gasteiger charge is -2.07. The molecule has 1 heterocycles. The fourth-order valence-corrected chi connectivity index (χ4v) is 2.25. The molecule has 0 saturated heterocycles. The van der Waals surface area contributed by atoms with Crippen molar-refractivity contribution in [3.05, 3.63) is 58.3 Å². The summed E-state index contributed by atoms with van der Waals surface area (Å²) in [5, 5.41) is 0. The minimum atomic E-state index is 0.149. The van der Waals surface area contributed by atoms with Crippen molar-refractivity contribution in [2.24, 2.45) is 5.73 Å². The van der Waals surface area contributed by atoms with Crippen LogP contribution in [0.25, 0.3) is 0 Å².